The van der Waals surface area contributed by atoms with Crippen LogP contribution < -0.4 is 40.4 Å². The number of aliphatic carboxylic acids is 1. The third-order valence-corrected chi connectivity index (χ3v) is 3.49. The van der Waals surface area contributed by atoms with Crippen molar-refractivity contribution in [3.63, 3.8) is 0 Å². The fourth-order valence-electron chi connectivity index (χ4n) is 2.17. The van der Waals surface area contributed by atoms with Gasteiger partial charge in [-0.2, -0.15) is 13.2 Å². The van der Waals surface area contributed by atoms with Crippen LogP contribution in [0.2, 0.25) is 0 Å². The van der Waals surface area contributed by atoms with Gasteiger partial charge in [0, 0.05) is 13.6 Å². The number of nitrogens with zero attached hydrogens (tertiary/aromatic N) is 1. The van der Waals surface area contributed by atoms with Crippen LogP contribution in [0, 0.1) is 0 Å². The summed E-state index contributed by atoms with van der Waals surface area (Å²) in [6, 6.07) is 19.3. The average Bonchev–Trinajstić information content (AvgIpc) is 2.62. The summed E-state index contributed by atoms with van der Waals surface area (Å²) in [5, 5.41) is 8.78. The largest absolute Gasteiger partial charge is 1.00 e. The first-order valence-corrected chi connectivity index (χ1v) is 7.98. The van der Waals surface area contributed by atoms with E-state index in [-0.39, 0.29) is 35.5 Å². The van der Waals surface area contributed by atoms with Crippen LogP contribution in [0.4, 0.5) is 13.2 Å². The summed E-state index contributed by atoms with van der Waals surface area (Å²) in [7, 11) is 1.79. The van der Waals surface area contributed by atoms with E-state index >= 15 is 0 Å². The normalized spacial score (nSPS) is 11.3. The van der Waals surface area contributed by atoms with Crippen molar-refractivity contribution >= 4 is 11.9 Å². The van der Waals surface area contributed by atoms with Gasteiger partial charge in [0.1, 0.15) is 5.97 Å². The van der Waals surface area contributed by atoms with Crippen LogP contribution >= 0.6 is 0 Å². The molecule has 0 heterocycles. The molecule has 28 heavy (non-hydrogen) atoms. The molecular formula is C19H20F3N2NaO3. The van der Waals surface area contributed by atoms with Crippen molar-refractivity contribution in [1.82, 2.24) is 4.90 Å². The van der Waals surface area contributed by atoms with Gasteiger partial charge >= 0.3 is 35.7 Å². The minimum absolute atomic E-state index is 0. The van der Waals surface area contributed by atoms with Crippen LogP contribution in [0.5, 0.6) is 0 Å². The standard InChI is InChI=1S/C17H20N2O.C2HF3O2.Na/c1-19(13-15-10-6-3-7-11-15)17(20)16(18)12-14-8-4-2-5-9-14;3-2(4,5)1(6)7;/h2-11,16H,12-13,18H2,1H3;(H,6,7);/q;;+1/p-1/t16-;;/m0../s1. The number of amides is 1. The van der Waals surface area contributed by atoms with Crippen molar-refractivity contribution in [3.05, 3.63) is 71.8 Å². The smallest absolute Gasteiger partial charge is 0.542 e. The first kappa shape index (κ1) is 26.1. The van der Waals surface area contributed by atoms with Crippen molar-refractivity contribution < 1.29 is 57.4 Å². The number of rotatable bonds is 5. The third-order valence-electron chi connectivity index (χ3n) is 3.49. The minimum atomic E-state index is -5.19. The number of hydrogen-bond acceptors (Lipinski definition) is 4. The van der Waals surface area contributed by atoms with Gasteiger partial charge in [-0.05, 0) is 17.5 Å². The Hall–Kier alpha value is -1.87. The molecular weight excluding hydrogens is 384 g/mol. The van der Waals surface area contributed by atoms with E-state index in [4.69, 9.17) is 15.6 Å². The molecule has 0 aliphatic carbocycles. The van der Waals surface area contributed by atoms with E-state index in [9.17, 15) is 18.0 Å². The number of halogens is 3. The number of carboxylic acid groups (broad SMARTS) is 1. The van der Waals surface area contributed by atoms with E-state index in [1.165, 1.54) is 0 Å². The van der Waals surface area contributed by atoms with Gasteiger partial charge in [0.05, 0.1) is 6.04 Å². The Morgan fingerprint density at radius 3 is 1.79 bits per heavy atom. The summed E-state index contributed by atoms with van der Waals surface area (Å²) < 4.78 is 31.5. The monoisotopic (exact) mass is 404 g/mol. The summed E-state index contributed by atoms with van der Waals surface area (Å²) in [5.74, 6) is -3.04. The quantitative estimate of drug-likeness (QED) is 0.616. The van der Waals surface area contributed by atoms with Crippen molar-refractivity contribution in [1.29, 1.82) is 0 Å². The molecule has 0 spiro atoms. The van der Waals surface area contributed by atoms with Crippen molar-refractivity contribution in [3.8, 4) is 0 Å². The zero-order valence-corrected chi connectivity index (χ0v) is 17.6. The molecule has 146 valence electrons. The van der Waals surface area contributed by atoms with E-state index < -0.39 is 18.2 Å². The SMILES string of the molecule is CN(Cc1ccccc1)C(=O)[C@@H](N)Cc1ccccc1.O=C([O-])C(F)(F)F.[Na+]. The number of likely N-dealkylation sites (N-methyl/N-ethyl adjacent to an activating group) is 1. The van der Waals surface area contributed by atoms with Crippen LogP contribution in [0.1, 0.15) is 11.1 Å². The van der Waals surface area contributed by atoms with Crippen LogP contribution in [0.25, 0.3) is 0 Å². The maximum Gasteiger partial charge on any atom is 1.00 e. The number of nitrogens with two attached hydrogens (primary N) is 1. The summed E-state index contributed by atoms with van der Waals surface area (Å²) in [6.45, 7) is 0.585. The molecule has 0 aliphatic heterocycles. The first-order valence-electron chi connectivity index (χ1n) is 7.98. The molecule has 0 aromatic heterocycles. The van der Waals surface area contributed by atoms with Gasteiger partial charge in [-0.1, -0.05) is 60.7 Å². The fraction of sp³-hybridized carbons (Fsp3) is 0.263. The topological polar surface area (TPSA) is 86.5 Å². The Balaban J connectivity index is 0.000000786. The van der Waals surface area contributed by atoms with Crippen molar-refractivity contribution in [2.24, 2.45) is 5.73 Å². The number of carbonyl (C=O) groups is 2. The predicted molar refractivity (Wildman–Crippen MR) is 92.1 cm³/mol. The molecule has 0 bridgehead atoms. The Morgan fingerprint density at radius 1 is 1.00 bits per heavy atom. The molecule has 1 atom stereocenters. The Labute approximate surface area is 183 Å². The van der Waals surface area contributed by atoms with Crippen LogP contribution in [-0.2, 0) is 22.6 Å². The van der Waals surface area contributed by atoms with Gasteiger partial charge in [-0.3, -0.25) is 4.79 Å². The molecule has 0 fully saturated rings. The van der Waals surface area contributed by atoms with Gasteiger partial charge in [0.25, 0.3) is 0 Å². The summed E-state index contributed by atoms with van der Waals surface area (Å²) in [5.41, 5.74) is 8.20. The molecule has 0 saturated carbocycles. The average molecular weight is 404 g/mol. The zero-order chi connectivity index (χ0) is 20.4. The maximum atomic E-state index is 12.3. The van der Waals surface area contributed by atoms with E-state index in [0.717, 1.165) is 11.1 Å². The summed E-state index contributed by atoms with van der Waals surface area (Å²) in [4.78, 5) is 22.7. The maximum absolute atomic E-state index is 12.3. The van der Waals surface area contributed by atoms with E-state index in [2.05, 4.69) is 0 Å². The van der Waals surface area contributed by atoms with Gasteiger partial charge < -0.3 is 20.5 Å². The second kappa shape index (κ2) is 12.6. The summed E-state index contributed by atoms with van der Waals surface area (Å²) >= 11 is 0. The molecule has 0 radical (unpaired) electrons. The molecule has 2 aromatic rings. The second-order valence-corrected chi connectivity index (χ2v) is 5.76. The van der Waals surface area contributed by atoms with Crippen LogP contribution in [-0.4, -0.2) is 36.0 Å². The molecule has 5 nitrogen and oxygen atoms in total. The Bertz CT molecular complexity index is 679. The Kier molecular flexibility index (Phi) is 11.7. The fourth-order valence-corrected chi connectivity index (χ4v) is 2.17. The molecule has 9 heteroatoms. The van der Waals surface area contributed by atoms with Gasteiger partial charge in [0.15, 0.2) is 0 Å². The number of alkyl halides is 3. The predicted octanol–water partition coefficient (Wildman–Crippen LogP) is -1.48. The van der Waals surface area contributed by atoms with Gasteiger partial charge in [-0.15, -0.1) is 0 Å². The van der Waals surface area contributed by atoms with Gasteiger partial charge in [-0.25, -0.2) is 0 Å². The van der Waals surface area contributed by atoms with E-state index in [0.29, 0.717) is 13.0 Å². The second-order valence-electron chi connectivity index (χ2n) is 5.76. The van der Waals surface area contributed by atoms with Gasteiger partial charge in [0.2, 0.25) is 5.91 Å². The number of benzene rings is 2. The minimum Gasteiger partial charge on any atom is -0.542 e. The Morgan fingerprint density at radius 2 is 1.39 bits per heavy atom. The molecule has 2 aromatic carbocycles. The number of carbonyl (C=O) groups excluding carboxylic acids is 2. The van der Waals surface area contributed by atoms with Crippen LogP contribution in [0.3, 0.4) is 0 Å². The zero-order valence-electron chi connectivity index (χ0n) is 15.6. The third kappa shape index (κ3) is 9.89. The molecule has 2 N–H and O–H groups in total. The van der Waals surface area contributed by atoms with Crippen molar-refractivity contribution in [2.75, 3.05) is 7.05 Å². The van der Waals surface area contributed by atoms with E-state index in [1.54, 1.807) is 11.9 Å². The first-order chi connectivity index (χ1) is 12.6. The molecule has 0 saturated heterocycles. The number of hydrogen-bond donors (Lipinski definition) is 1. The molecule has 2 rings (SSSR count). The summed E-state index contributed by atoms with van der Waals surface area (Å²) in [6.07, 6.45) is -4.63. The molecule has 0 aliphatic rings. The molecule has 0 unspecified atom stereocenters. The molecule has 1 amide bonds. The van der Waals surface area contributed by atoms with Crippen molar-refractivity contribution in [2.45, 2.75) is 25.2 Å². The van der Waals surface area contributed by atoms with E-state index in [1.807, 2.05) is 60.7 Å². The van der Waals surface area contributed by atoms with Crippen LogP contribution in [0.15, 0.2) is 60.7 Å². The number of carboxylic acids is 1.